The number of anilines is 1. The maximum atomic E-state index is 5.90. The van der Waals surface area contributed by atoms with Crippen LogP contribution in [-0.2, 0) is 0 Å². The van der Waals surface area contributed by atoms with Crippen LogP contribution in [0.3, 0.4) is 0 Å². The Kier molecular flexibility index (Phi) is 5.46. The van der Waals surface area contributed by atoms with Gasteiger partial charge in [-0.1, -0.05) is 17.7 Å². The fraction of sp³-hybridized carbons (Fsp3) is 0.0714. The van der Waals surface area contributed by atoms with Gasteiger partial charge in [-0.2, -0.15) is 5.10 Å². The molecule has 0 aliphatic carbocycles. The number of ether oxygens (including phenoxy) is 1. The number of hydrogen-bond acceptors (Lipinski definition) is 3. The molecular formula is C14H11Br2ClN2O. The highest BCUT2D eigenvalue weighted by molar-refractivity contribution is 9.11. The summed E-state index contributed by atoms with van der Waals surface area (Å²) in [5, 5.41) is 4.84. The normalized spacial score (nSPS) is 10.8. The van der Waals surface area contributed by atoms with Gasteiger partial charge in [-0.3, -0.25) is 5.43 Å². The zero-order valence-corrected chi connectivity index (χ0v) is 14.5. The summed E-state index contributed by atoms with van der Waals surface area (Å²) in [5.41, 5.74) is 4.69. The number of benzene rings is 2. The molecule has 3 nitrogen and oxygen atoms in total. The highest BCUT2D eigenvalue weighted by atomic mass is 79.9. The van der Waals surface area contributed by atoms with E-state index in [-0.39, 0.29) is 0 Å². The fourth-order valence-electron chi connectivity index (χ4n) is 1.59. The average molecular weight is 419 g/mol. The summed E-state index contributed by atoms with van der Waals surface area (Å²) >= 11 is 12.8. The SMILES string of the molecule is COc1c(Br)cc(C=NNc2cccc(Cl)c2)cc1Br. The zero-order chi connectivity index (χ0) is 14.5. The van der Waals surface area contributed by atoms with Crippen molar-refractivity contribution in [1.82, 2.24) is 0 Å². The number of hydrogen-bond donors (Lipinski definition) is 1. The van der Waals surface area contributed by atoms with Gasteiger partial charge in [0, 0.05) is 5.02 Å². The molecule has 0 aliphatic rings. The van der Waals surface area contributed by atoms with Gasteiger partial charge in [-0.15, -0.1) is 0 Å². The van der Waals surface area contributed by atoms with E-state index in [9.17, 15) is 0 Å². The van der Waals surface area contributed by atoms with Crippen LogP contribution in [0.15, 0.2) is 50.4 Å². The topological polar surface area (TPSA) is 33.6 Å². The molecule has 0 amide bonds. The Morgan fingerprint density at radius 1 is 1.20 bits per heavy atom. The second-order valence-corrected chi connectivity index (χ2v) is 6.04. The number of methoxy groups -OCH3 is 1. The monoisotopic (exact) mass is 416 g/mol. The number of nitrogens with zero attached hydrogens (tertiary/aromatic N) is 1. The Morgan fingerprint density at radius 3 is 2.50 bits per heavy atom. The Balaban J connectivity index is 2.12. The molecule has 1 N–H and O–H groups in total. The molecule has 0 atom stereocenters. The Hall–Kier alpha value is -1.04. The number of halogens is 3. The van der Waals surface area contributed by atoms with E-state index in [0.717, 1.165) is 25.9 Å². The van der Waals surface area contributed by atoms with Crippen LogP contribution in [0, 0.1) is 0 Å². The first-order valence-electron chi connectivity index (χ1n) is 5.68. The van der Waals surface area contributed by atoms with E-state index in [2.05, 4.69) is 42.4 Å². The van der Waals surface area contributed by atoms with Crippen molar-refractivity contribution in [2.24, 2.45) is 5.10 Å². The lowest BCUT2D eigenvalue weighted by Gasteiger charge is -2.07. The molecule has 0 unspecified atom stereocenters. The number of nitrogens with one attached hydrogen (secondary N) is 1. The minimum absolute atomic E-state index is 0.667. The molecule has 2 aromatic rings. The van der Waals surface area contributed by atoms with E-state index in [0.29, 0.717) is 5.02 Å². The molecule has 0 aromatic heterocycles. The Labute approximate surface area is 139 Å². The van der Waals surface area contributed by atoms with Gasteiger partial charge in [0.05, 0.1) is 28.0 Å². The van der Waals surface area contributed by atoms with Crippen LogP contribution in [0.25, 0.3) is 0 Å². The van der Waals surface area contributed by atoms with Crippen molar-refractivity contribution in [3.63, 3.8) is 0 Å². The molecule has 20 heavy (non-hydrogen) atoms. The second kappa shape index (κ2) is 7.11. The van der Waals surface area contributed by atoms with Crippen molar-refractivity contribution < 1.29 is 4.74 Å². The molecular weight excluding hydrogens is 407 g/mol. The van der Waals surface area contributed by atoms with E-state index in [1.807, 2.05) is 30.3 Å². The lowest BCUT2D eigenvalue weighted by molar-refractivity contribution is 0.409. The Bertz CT molecular complexity index is 624. The molecule has 0 radical (unpaired) electrons. The maximum Gasteiger partial charge on any atom is 0.147 e. The summed E-state index contributed by atoms with van der Waals surface area (Å²) in [7, 11) is 1.62. The van der Waals surface area contributed by atoms with Crippen molar-refractivity contribution in [3.8, 4) is 5.75 Å². The fourth-order valence-corrected chi connectivity index (χ4v) is 3.32. The third kappa shape index (κ3) is 3.98. The van der Waals surface area contributed by atoms with Gasteiger partial charge in [-0.05, 0) is 67.8 Å². The molecule has 0 spiro atoms. The van der Waals surface area contributed by atoms with Crippen LogP contribution >= 0.6 is 43.5 Å². The minimum atomic E-state index is 0.667. The third-order valence-electron chi connectivity index (χ3n) is 2.46. The lowest BCUT2D eigenvalue weighted by atomic mass is 10.2. The summed E-state index contributed by atoms with van der Waals surface area (Å²) in [5.74, 6) is 0.755. The molecule has 0 saturated carbocycles. The van der Waals surface area contributed by atoms with E-state index < -0.39 is 0 Å². The molecule has 2 aromatic carbocycles. The van der Waals surface area contributed by atoms with Gasteiger partial charge in [0.15, 0.2) is 0 Å². The summed E-state index contributed by atoms with van der Waals surface area (Å²) in [6, 6.07) is 11.2. The van der Waals surface area contributed by atoms with Gasteiger partial charge in [-0.25, -0.2) is 0 Å². The van der Waals surface area contributed by atoms with E-state index >= 15 is 0 Å². The van der Waals surface area contributed by atoms with Gasteiger partial charge >= 0.3 is 0 Å². The summed E-state index contributed by atoms with van der Waals surface area (Å²) < 4.78 is 6.97. The van der Waals surface area contributed by atoms with Crippen molar-refractivity contribution in [2.45, 2.75) is 0 Å². The number of rotatable bonds is 4. The molecule has 0 aliphatic heterocycles. The van der Waals surface area contributed by atoms with Crippen LogP contribution in [0.4, 0.5) is 5.69 Å². The first kappa shape index (κ1) is 15.4. The molecule has 0 fully saturated rings. The quantitative estimate of drug-likeness (QED) is 0.539. The predicted octanol–water partition coefficient (Wildman–Crippen LogP) is 5.32. The molecule has 0 heterocycles. The van der Waals surface area contributed by atoms with Crippen LogP contribution in [0.5, 0.6) is 5.75 Å². The molecule has 6 heteroatoms. The van der Waals surface area contributed by atoms with E-state index in [4.69, 9.17) is 16.3 Å². The van der Waals surface area contributed by atoms with Gasteiger partial charge in [0.25, 0.3) is 0 Å². The molecule has 2 rings (SSSR count). The van der Waals surface area contributed by atoms with Gasteiger partial charge < -0.3 is 4.74 Å². The second-order valence-electron chi connectivity index (χ2n) is 3.90. The maximum absolute atomic E-state index is 5.90. The highest BCUT2D eigenvalue weighted by Gasteiger charge is 2.06. The predicted molar refractivity (Wildman–Crippen MR) is 91.1 cm³/mol. The van der Waals surface area contributed by atoms with Crippen molar-refractivity contribution in [3.05, 3.63) is 55.9 Å². The average Bonchev–Trinajstić information content (AvgIpc) is 2.38. The standard InChI is InChI=1S/C14H11Br2ClN2O/c1-20-14-12(15)5-9(6-13(14)16)8-18-19-11-4-2-3-10(17)7-11/h2-8,19H,1H3. The number of hydrazone groups is 1. The van der Waals surface area contributed by atoms with Crippen LogP contribution in [-0.4, -0.2) is 13.3 Å². The minimum Gasteiger partial charge on any atom is -0.494 e. The zero-order valence-electron chi connectivity index (χ0n) is 10.5. The smallest absolute Gasteiger partial charge is 0.147 e. The Morgan fingerprint density at radius 2 is 1.90 bits per heavy atom. The van der Waals surface area contributed by atoms with Crippen molar-refractivity contribution in [2.75, 3.05) is 12.5 Å². The van der Waals surface area contributed by atoms with Gasteiger partial charge in [0.2, 0.25) is 0 Å². The third-order valence-corrected chi connectivity index (χ3v) is 3.87. The van der Waals surface area contributed by atoms with E-state index in [1.165, 1.54) is 0 Å². The van der Waals surface area contributed by atoms with Crippen LogP contribution in [0.2, 0.25) is 5.02 Å². The molecule has 0 saturated heterocycles. The first-order valence-corrected chi connectivity index (χ1v) is 7.64. The first-order chi connectivity index (χ1) is 9.60. The van der Waals surface area contributed by atoms with Crippen molar-refractivity contribution in [1.29, 1.82) is 0 Å². The van der Waals surface area contributed by atoms with Gasteiger partial charge in [0.1, 0.15) is 5.75 Å². The summed E-state index contributed by atoms with van der Waals surface area (Å²) in [6.07, 6.45) is 1.72. The molecule has 104 valence electrons. The summed E-state index contributed by atoms with van der Waals surface area (Å²) in [4.78, 5) is 0. The van der Waals surface area contributed by atoms with Crippen LogP contribution < -0.4 is 10.2 Å². The largest absolute Gasteiger partial charge is 0.494 e. The summed E-state index contributed by atoms with van der Waals surface area (Å²) in [6.45, 7) is 0. The highest BCUT2D eigenvalue weighted by Crippen LogP contribution is 2.33. The lowest BCUT2D eigenvalue weighted by Crippen LogP contribution is -1.92. The van der Waals surface area contributed by atoms with E-state index in [1.54, 1.807) is 19.4 Å². The van der Waals surface area contributed by atoms with Crippen LogP contribution in [0.1, 0.15) is 5.56 Å². The van der Waals surface area contributed by atoms with Crippen molar-refractivity contribution >= 4 is 55.4 Å². The molecule has 0 bridgehead atoms.